The van der Waals surface area contributed by atoms with Crippen molar-refractivity contribution in [3.05, 3.63) is 315 Å². The highest BCUT2D eigenvalue weighted by Crippen LogP contribution is 2.56. The van der Waals surface area contributed by atoms with Crippen molar-refractivity contribution in [2.45, 2.75) is 40.0 Å². The number of hydrogen-bond donors (Lipinski definition) is 0. The minimum Gasteiger partial charge on any atom is -0.310 e. The summed E-state index contributed by atoms with van der Waals surface area (Å²) < 4.78 is 7.74. The van der Waals surface area contributed by atoms with Crippen molar-refractivity contribution in [1.29, 1.82) is 0 Å². The van der Waals surface area contributed by atoms with Crippen molar-refractivity contribution >= 4 is 167 Å². The molecule has 0 N–H and O–H groups in total. The van der Waals surface area contributed by atoms with Gasteiger partial charge in [0, 0.05) is 79.6 Å². The van der Waals surface area contributed by atoms with Gasteiger partial charge in [-0.3, -0.25) is 0 Å². The molecule has 15 aromatic carbocycles. The van der Waals surface area contributed by atoms with E-state index in [9.17, 15) is 0 Å². The van der Waals surface area contributed by atoms with Crippen LogP contribution in [0, 0.1) is 11.8 Å². The Balaban J connectivity index is 0.937. The van der Waals surface area contributed by atoms with Gasteiger partial charge in [0.1, 0.15) is 0 Å². The van der Waals surface area contributed by atoms with Crippen molar-refractivity contribution in [1.82, 2.24) is 4.57 Å². The van der Waals surface area contributed by atoms with Crippen LogP contribution >= 0.6 is 22.7 Å². The largest absolute Gasteiger partial charge is 0.310 e. The Morgan fingerprint density at radius 3 is 1.27 bits per heavy atom. The first-order valence-corrected chi connectivity index (χ1v) is 35.8. The number of fused-ring (bicyclic) bond motifs is 19. The van der Waals surface area contributed by atoms with E-state index in [1.54, 1.807) is 0 Å². The van der Waals surface area contributed by atoms with Crippen molar-refractivity contribution < 1.29 is 0 Å². The Morgan fingerprint density at radius 2 is 0.784 bits per heavy atom. The van der Waals surface area contributed by atoms with E-state index >= 15 is 0 Å². The first-order valence-electron chi connectivity index (χ1n) is 34.1. The predicted octanol–water partition coefficient (Wildman–Crippen LogP) is 27.5. The second kappa shape index (κ2) is 22.8. The average Bonchev–Trinajstić information content (AvgIpc) is 1.53. The van der Waals surface area contributed by atoms with Crippen molar-refractivity contribution in [2.75, 3.05) is 9.80 Å². The molecule has 1 unspecified atom stereocenters. The molecule has 1 aliphatic carbocycles. The zero-order valence-electron chi connectivity index (χ0n) is 54.5. The summed E-state index contributed by atoms with van der Waals surface area (Å²) in [6.45, 7) is 9.28. The molecule has 1 aliphatic rings. The van der Waals surface area contributed by atoms with Crippen molar-refractivity contribution in [2.24, 2.45) is 11.8 Å². The molecule has 3 heterocycles. The number of anilines is 5. The van der Waals surface area contributed by atoms with E-state index in [0.717, 1.165) is 51.6 Å². The fourth-order valence-electron chi connectivity index (χ4n) is 15.9. The minimum atomic E-state index is 0.379. The summed E-state index contributed by atoms with van der Waals surface area (Å²) in [6, 6.07) is 108. The molecule has 19 rings (SSSR count). The van der Waals surface area contributed by atoms with E-state index < -0.39 is 0 Å². The second-order valence-corrected chi connectivity index (χ2v) is 29.2. The summed E-state index contributed by atoms with van der Waals surface area (Å²) in [5.74, 6) is 1.34. The topological polar surface area (TPSA) is 11.4 Å². The fraction of sp³-hybridized carbons (Fsp3) is 0.0870. The van der Waals surface area contributed by atoms with Gasteiger partial charge in [0.05, 0.1) is 22.4 Å². The average molecular weight is 1280 g/mol. The van der Waals surface area contributed by atoms with Crippen LogP contribution in [0.4, 0.5) is 28.4 Å². The Kier molecular flexibility index (Phi) is 13.5. The molecule has 97 heavy (non-hydrogen) atoms. The number of benzene rings is 15. The van der Waals surface area contributed by atoms with Gasteiger partial charge in [-0.2, -0.15) is 0 Å². The lowest BCUT2D eigenvalue weighted by atomic mass is 9.88. The zero-order chi connectivity index (χ0) is 64.6. The molecule has 3 aromatic heterocycles. The maximum atomic E-state index is 2.65. The fourth-order valence-corrected chi connectivity index (χ4v) is 18.4. The number of allylic oxidation sites excluding steroid dienone is 3. The molecule has 462 valence electrons. The highest BCUT2D eigenvalue weighted by atomic mass is 32.1. The molecule has 5 heteroatoms. The molecular formula is C92H67N3S2. The molecule has 0 spiro atoms. The Labute approximate surface area is 571 Å². The molecule has 18 aromatic rings. The lowest BCUT2D eigenvalue weighted by Crippen LogP contribution is -2.19. The van der Waals surface area contributed by atoms with E-state index in [2.05, 4.69) is 345 Å². The third kappa shape index (κ3) is 9.35. The Morgan fingerprint density at radius 1 is 0.361 bits per heavy atom. The van der Waals surface area contributed by atoms with E-state index in [1.165, 1.54) is 138 Å². The van der Waals surface area contributed by atoms with Gasteiger partial charge >= 0.3 is 0 Å². The highest BCUT2D eigenvalue weighted by Gasteiger charge is 2.31. The maximum Gasteiger partial charge on any atom is 0.0577 e. The third-order valence-corrected chi connectivity index (χ3v) is 23.3. The SMILES string of the molecule is CC(C)c1ccc(N(c2ccc(-c3ccc4ccccc4c3)cc2)c2cc3c(c4sc5ccccc5c24)c2c4sc5ccccc5c4c(N(C4=CCC(C(C)C)C=C4)c4ccc(-c5ccc6ccccc6c5)cc4)cc2n3-c2ccc3c4ccccc4c4ccccc4c3c2)cc1. The molecule has 0 radical (unpaired) electrons. The van der Waals surface area contributed by atoms with E-state index in [0.29, 0.717) is 17.8 Å². The standard InChI is InChI=1S/C92H67N3S2/c1-56(2)58-33-41-68(42-34-58)93(70-45-37-62(38-46-70)66-31-29-60-17-5-7-19-64(60)51-66)81-54-83-89(91-87(81)78-25-13-15-27-85(78)96-91)90-84(95(83)72-49-50-77-75-23-10-9-21-73(75)74-22-11-12-24-76(74)80(77)53-72)55-82(88-79-26-14-16-28-86(79)97-92(88)90)94(69-43-35-59(36-44-69)57(3)4)71-47-39-63(40-48-71)67-32-30-61-18-6-8-20-65(61)52-67/h5-35,37-57,59H,36H2,1-4H3. The van der Waals surface area contributed by atoms with Gasteiger partial charge in [-0.1, -0.05) is 240 Å². The van der Waals surface area contributed by atoms with E-state index in [-0.39, 0.29) is 0 Å². The minimum absolute atomic E-state index is 0.379. The van der Waals surface area contributed by atoms with E-state index in [1.807, 2.05) is 22.7 Å². The Bertz CT molecular complexity index is 6260. The van der Waals surface area contributed by atoms with Gasteiger partial charge in [-0.25, -0.2) is 0 Å². The summed E-state index contributed by atoms with van der Waals surface area (Å²) in [7, 11) is 0. The van der Waals surface area contributed by atoms with Crippen molar-refractivity contribution in [3.63, 3.8) is 0 Å². The van der Waals surface area contributed by atoms with Gasteiger partial charge in [-0.05, 0) is 197 Å². The third-order valence-electron chi connectivity index (χ3n) is 20.9. The van der Waals surface area contributed by atoms with Crippen LogP contribution in [0.5, 0.6) is 0 Å². The summed E-state index contributed by atoms with van der Waals surface area (Å²) in [4.78, 5) is 5.14. The summed E-state index contributed by atoms with van der Waals surface area (Å²) >= 11 is 3.87. The van der Waals surface area contributed by atoms with Gasteiger partial charge in [0.25, 0.3) is 0 Å². The van der Waals surface area contributed by atoms with Crippen LogP contribution in [0.3, 0.4) is 0 Å². The van der Waals surface area contributed by atoms with Crippen molar-refractivity contribution in [3.8, 4) is 27.9 Å². The van der Waals surface area contributed by atoms with Crippen LogP contribution < -0.4 is 9.80 Å². The number of rotatable bonds is 11. The monoisotopic (exact) mass is 1280 g/mol. The van der Waals surface area contributed by atoms with E-state index in [4.69, 9.17) is 0 Å². The second-order valence-electron chi connectivity index (χ2n) is 27.1. The van der Waals surface area contributed by atoms with Crippen LogP contribution in [-0.4, -0.2) is 4.57 Å². The predicted molar refractivity (Wildman–Crippen MR) is 422 cm³/mol. The molecule has 3 nitrogen and oxygen atoms in total. The molecular weight excluding hydrogens is 1210 g/mol. The summed E-state index contributed by atoms with van der Waals surface area (Å²) in [5, 5.41) is 20.0. The molecule has 0 saturated carbocycles. The van der Waals surface area contributed by atoms with Crippen LogP contribution in [0.25, 0.3) is 144 Å². The zero-order valence-corrected chi connectivity index (χ0v) is 56.1. The number of aromatic nitrogens is 1. The molecule has 0 bridgehead atoms. The highest BCUT2D eigenvalue weighted by molar-refractivity contribution is 7.28. The van der Waals surface area contributed by atoms with Crippen LogP contribution in [0.2, 0.25) is 0 Å². The lowest BCUT2D eigenvalue weighted by Gasteiger charge is -2.31. The first-order chi connectivity index (χ1) is 47.7. The summed E-state index contributed by atoms with van der Waals surface area (Å²) in [5.41, 5.74) is 16.3. The number of thiophene rings is 2. The molecule has 0 aliphatic heterocycles. The summed E-state index contributed by atoms with van der Waals surface area (Å²) in [6.07, 6.45) is 8.34. The maximum absolute atomic E-state index is 2.65. The lowest BCUT2D eigenvalue weighted by molar-refractivity contribution is 0.466. The van der Waals surface area contributed by atoms with Gasteiger partial charge in [0.2, 0.25) is 0 Å². The quantitative estimate of drug-likeness (QED) is 0.120. The molecule has 1 atom stereocenters. The Hall–Kier alpha value is -11.1. The van der Waals surface area contributed by atoms with Crippen LogP contribution in [-0.2, 0) is 0 Å². The van der Waals surface area contributed by atoms with Gasteiger partial charge in [0.15, 0.2) is 0 Å². The van der Waals surface area contributed by atoms with Crippen LogP contribution in [0.15, 0.2) is 309 Å². The number of nitrogens with zero attached hydrogens (tertiary/aromatic N) is 3. The molecule has 0 fully saturated rings. The normalized spacial score (nSPS) is 13.6. The van der Waals surface area contributed by atoms with Gasteiger partial charge in [-0.15, -0.1) is 22.7 Å². The smallest absolute Gasteiger partial charge is 0.0577 e. The number of hydrogen-bond acceptors (Lipinski definition) is 4. The molecule has 0 amide bonds. The first kappa shape index (κ1) is 57.4. The molecule has 0 saturated heterocycles. The van der Waals surface area contributed by atoms with Crippen LogP contribution in [0.1, 0.15) is 45.6 Å². The van der Waals surface area contributed by atoms with Gasteiger partial charge < -0.3 is 14.4 Å².